The largest absolute Gasteiger partial charge is 0.490 e. The predicted octanol–water partition coefficient (Wildman–Crippen LogP) is 5.79. The molecule has 2 amide bonds. The molecule has 0 saturated carbocycles. The van der Waals surface area contributed by atoms with Gasteiger partial charge in [-0.3, -0.25) is 14.5 Å². The molecule has 27 heavy (non-hydrogen) atoms. The van der Waals surface area contributed by atoms with E-state index in [9.17, 15) is 9.59 Å². The fourth-order valence-electron chi connectivity index (χ4n) is 2.46. The van der Waals surface area contributed by atoms with Crippen LogP contribution in [0.1, 0.15) is 11.1 Å². The van der Waals surface area contributed by atoms with Crippen molar-refractivity contribution in [3.63, 3.8) is 0 Å². The maximum atomic E-state index is 12.6. The number of carbonyl (C=O) groups excluding carboxylic acids is 2. The minimum absolute atomic E-state index is 0.140. The number of hydrogen-bond acceptors (Lipinski definition) is 4. The molecule has 1 aliphatic heterocycles. The minimum atomic E-state index is -0.339. The number of rotatable bonds is 6. The van der Waals surface area contributed by atoms with Crippen LogP contribution in [0.25, 0.3) is 6.08 Å². The van der Waals surface area contributed by atoms with E-state index in [0.29, 0.717) is 27.3 Å². The molecule has 3 rings (SSSR count). The van der Waals surface area contributed by atoms with Gasteiger partial charge in [-0.15, -0.1) is 0 Å². The third-order valence-electron chi connectivity index (χ3n) is 3.72. The Balaban J connectivity index is 1.78. The third-order valence-corrected chi connectivity index (χ3v) is 5.37. The van der Waals surface area contributed by atoms with Crippen LogP contribution in [0.3, 0.4) is 0 Å². The first-order chi connectivity index (χ1) is 13.0. The lowest BCUT2D eigenvalue weighted by Gasteiger charge is -2.12. The highest BCUT2D eigenvalue weighted by Gasteiger charge is 2.35. The summed E-state index contributed by atoms with van der Waals surface area (Å²) < 4.78 is 5.49. The van der Waals surface area contributed by atoms with Crippen molar-refractivity contribution in [2.75, 3.05) is 6.61 Å². The van der Waals surface area contributed by atoms with Crippen LogP contribution >= 0.6 is 35.0 Å². The van der Waals surface area contributed by atoms with E-state index in [2.05, 4.69) is 6.58 Å². The van der Waals surface area contributed by atoms with E-state index in [4.69, 9.17) is 27.9 Å². The SMILES string of the molecule is C=CCOc1cccc(/C=C2/SC(=O)N(Cc3ccc(Cl)c(Cl)c3)C2=O)c1. The monoisotopic (exact) mass is 419 g/mol. The lowest BCUT2D eigenvalue weighted by atomic mass is 10.2. The van der Waals surface area contributed by atoms with Crippen LogP contribution in [-0.4, -0.2) is 22.7 Å². The highest BCUT2D eigenvalue weighted by molar-refractivity contribution is 8.18. The normalized spacial score (nSPS) is 15.5. The van der Waals surface area contributed by atoms with E-state index in [-0.39, 0.29) is 17.7 Å². The molecule has 0 bridgehead atoms. The quantitative estimate of drug-likeness (QED) is 0.438. The number of thioether (sulfide) groups is 1. The molecule has 138 valence electrons. The minimum Gasteiger partial charge on any atom is -0.490 e. The van der Waals surface area contributed by atoms with E-state index in [1.54, 1.807) is 36.4 Å². The summed E-state index contributed by atoms with van der Waals surface area (Å²) in [5.41, 5.74) is 1.50. The molecule has 2 aromatic carbocycles. The fraction of sp³-hybridized carbons (Fsp3) is 0.100. The van der Waals surface area contributed by atoms with Crippen molar-refractivity contribution in [1.29, 1.82) is 0 Å². The Labute approximate surface area is 171 Å². The molecule has 1 saturated heterocycles. The molecule has 1 fully saturated rings. The standard InChI is InChI=1S/C20H15Cl2NO3S/c1-2-8-26-15-5-3-4-13(9-15)11-18-19(24)23(20(25)27-18)12-14-6-7-16(21)17(22)10-14/h2-7,9-11H,1,8,12H2/b18-11+. The number of halogens is 2. The van der Waals surface area contributed by atoms with Gasteiger partial charge in [-0.05, 0) is 53.2 Å². The highest BCUT2D eigenvalue weighted by Crippen LogP contribution is 2.34. The van der Waals surface area contributed by atoms with Crippen LogP contribution < -0.4 is 4.74 Å². The lowest BCUT2D eigenvalue weighted by Crippen LogP contribution is -2.27. The Bertz CT molecular complexity index is 943. The number of nitrogens with zero attached hydrogens (tertiary/aromatic N) is 1. The lowest BCUT2D eigenvalue weighted by molar-refractivity contribution is -0.123. The first kappa shape index (κ1) is 19.5. The number of hydrogen-bond donors (Lipinski definition) is 0. The Morgan fingerprint density at radius 2 is 1.93 bits per heavy atom. The maximum absolute atomic E-state index is 12.6. The highest BCUT2D eigenvalue weighted by atomic mass is 35.5. The van der Waals surface area contributed by atoms with Gasteiger partial charge in [0.25, 0.3) is 11.1 Å². The van der Waals surface area contributed by atoms with Crippen molar-refractivity contribution in [3.05, 3.63) is 81.2 Å². The zero-order chi connectivity index (χ0) is 19.4. The topological polar surface area (TPSA) is 46.6 Å². The van der Waals surface area contributed by atoms with Gasteiger partial charge in [0, 0.05) is 0 Å². The molecule has 0 unspecified atom stereocenters. The van der Waals surface area contributed by atoms with E-state index in [0.717, 1.165) is 22.9 Å². The number of imide groups is 1. The molecule has 0 aliphatic carbocycles. The van der Waals surface area contributed by atoms with Crippen LogP contribution in [0.2, 0.25) is 10.0 Å². The van der Waals surface area contributed by atoms with Crippen molar-refractivity contribution >= 4 is 52.2 Å². The summed E-state index contributed by atoms with van der Waals surface area (Å²) in [5.74, 6) is 0.326. The van der Waals surface area contributed by atoms with Crippen molar-refractivity contribution < 1.29 is 14.3 Å². The van der Waals surface area contributed by atoms with Crippen LogP contribution in [0.4, 0.5) is 4.79 Å². The van der Waals surface area contributed by atoms with Gasteiger partial charge in [0.15, 0.2) is 0 Å². The maximum Gasteiger partial charge on any atom is 0.293 e. The summed E-state index contributed by atoms with van der Waals surface area (Å²) in [6.07, 6.45) is 3.33. The molecule has 7 heteroatoms. The van der Waals surface area contributed by atoms with E-state index in [1.807, 2.05) is 18.2 Å². The van der Waals surface area contributed by atoms with Crippen LogP contribution in [0.15, 0.2) is 60.0 Å². The molecule has 0 aromatic heterocycles. The van der Waals surface area contributed by atoms with Gasteiger partial charge in [-0.1, -0.05) is 54.1 Å². The second-order valence-corrected chi connectivity index (χ2v) is 7.50. The summed E-state index contributed by atoms with van der Waals surface area (Å²) in [6.45, 7) is 4.14. The molecule has 1 aliphatic rings. The summed E-state index contributed by atoms with van der Waals surface area (Å²) in [6, 6.07) is 12.3. The third kappa shape index (κ3) is 4.75. The summed E-state index contributed by atoms with van der Waals surface area (Å²) >= 11 is 12.8. The van der Waals surface area contributed by atoms with Crippen molar-refractivity contribution in [2.24, 2.45) is 0 Å². The molecular weight excluding hydrogens is 405 g/mol. The molecule has 0 N–H and O–H groups in total. The van der Waals surface area contributed by atoms with Gasteiger partial charge in [0.2, 0.25) is 0 Å². The van der Waals surface area contributed by atoms with Gasteiger partial charge >= 0.3 is 0 Å². The van der Waals surface area contributed by atoms with Crippen LogP contribution in [0, 0.1) is 0 Å². The Morgan fingerprint density at radius 3 is 2.67 bits per heavy atom. The van der Waals surface area contributed by atoms with Crippen molar-refractivity contribution in [1.82, 2.24) is 4.90 Å². The van der Waals surface area contributed by atoms with Gasteiger partial charge in [-0.25, -0.2) is 0 Å². The zero-order valence-electron chi connectivity index (χ0n) is 14.2. The second-order valence-electron chi connectivity index (χ2n) is 5.69. The summed E-state index contributed by atoms with van der Waals surface area (Å²) in [5, 5.41) is 0.484. The average Bonchev–Trinajstić information content (AvgIpc) is 2.91. The first-order valence-corrected chi connectivity index (χ1v) is 9.58. The van der Waals surface area contributed by atoms with Crippen LogP contribution in [0.5, 0.6) is 5.75 Å². The van der Waals surface area contributed by atoms with Gasteiger partial charge in [0.1, 0.15) is 12.4 Å². The van der Waals surface area contributed by atoms with Gasteiger partial charge < -0.3 is 4.74 Å². The second kappa shape index (κ2) is 8.65. The van der Waals surface area contributed by atoms with E-state index in [1.165, 1.54) is 4.90 Å². The van der Waals surface area contributed by atoms with E-state index < -0.39 is 0 Å². The number of ether oxygens (including phenoxy) is 1. The smallest absolute Gasteiger partial charge is 0.293 e. The number of carbonyl (C=O) groups is 2. The molecule has 0 atom stereocenters. The zero-order valence-corrected chi connectivity index (χ0v) is 16.5. The van der Waals surface area contributed by atoms with Gasteiger partial charge in [-0.2, -0.15) is 0 Å². The fourth-order valence-corrected chi connectivity index (χ4v) is 3.62. The molecule has 0 radical (unpaired) electrons. The molecule has 1 heterocycles. The molecule has 0 spiro atoms. The Morgan fingerprint density at radius 1 is 1.11 bits per heavy atom. The molecule has 2 aromatic rings. The molecule has 4 nitrogen and oxygen atoms in total. The Kier molecular flexibility index (Phi) is 6.26. The average molecular weight is 420 g/mol. The van der Waals surface area contributed by atoms with Crippen LogP contribution in [-0.2, 0) is 11.3 Å². The summed E-state index contributed by atoms with van der Waals surface area (Å²) in [7, 11) is 0. The van der Waals surface area contributed by atoms with Gasteiger partial charge in [0.05, 0.1) is 21.5 Å². The number of benzene rings is 2. The number of amides is 2. The first-order valence-electron chi connectivity index (χ1n) is 8.01. The molecular formula is C20H15Cl2NO3S. The van der Waals surface area contributed by atoms with E-state index >= 15 is 0 Å². The predicted molar refractivity (Wildman–Crippen MR) is 110 cm³/mol. The summed E-state index contributed by atoms with van der Waals surface area (Å²) in [4.78, 5) is 26.5. The Hall–Kier alpha value is -2.21. The van der Waals surface area contributed by atoms with Crippen molar-refractivity contribution in [2.45, 2.75) is 6.54 Å². The van der Waals surface area contributed by atoms with Crippen molar-refractivity contribution in [3.8, 4) is 5.75 Å².